The van der Waals surface area contributed by atoms with Crippen molar-refractivity contribution in [1.29, 1.82) is 0 Å². The second kappa shape index (κ2) is 9.84. The highest BCUT2D eigenvalue weighted by molar-refractivity contribution is 7.99. The molecule has 3 rings (SSSR count). The van der Waals surface area contributed by atoms with Crippen LogP contribution in [-0.4, -0.2) is 48.6 Å². The van der Waals surface area contributed by atoms with E-state index >= 15 is 0 Å². The molecule has 31 heavy (non-hydrogen) atoms. The minimum atomic E-state index is -1.21. The van der Waals surface area contributed by atoms with Gasteiger partial charge in [-0.15, -0.1) is 0 Å². The number of aryl methyl sites for hydroxylation is 2. The van der Waals surface area contributed by atoms with Gasteiger partial charge in [0, 0.05) is 18.8 Å². The number of aliphatic hydroxyl groups excluding tert-OH is 1. The number of aromatic nitrogens is 4. The first-order valence-electron chi connectivity index (χ1n) is 9.72. The van der Waals surface area contributed by atoms with Crippen molar-refractivity contribution in [2.24, 2.45) is 7.05 Å². The van der Waals surface area contributed by atoms with Gasteiger partial charge in [-0.25, -0.2) is 9.78 Å². The van der Waals surface area contributed by atoms with Crippen LogP contribution in [0, 0.1) is 0 Å². The molecule has 0 spiro atoms. The van der Waals surface area contributed by atoms with E-state index in [-0.39, 0.29) is 36.5 Å². The number of thioether (sulfide) groups is 1. The van der Waals surface area contributed by atoms with Gasteiger partial charge in [-0.2, -0.15) is 0 Å². The lowest BCUT2D eigenvalue weighted by Crippen LogP contribution is -2.30. The van der Waals surface area contributed by atoms with Crippen LogP contribution in [0.15, 0.2) is 39.0 Å². The number of H-pyrrole nitrogens is 1. The molecule has 2 N–H and O–H groups in total. The van der Waals surface area contributed by atoms with E-state index in [0.29, 0.717) is 10.9 Å². The van der Waals surface area contributed by atoms with E-state index in [1.807, 2.05) is 24.3 Å². The number of benzene rings is 1. The van der Waals surface area contributed by atoms with E-state index in [1.165, 1.54) is 21.7 Å². The highest BCUT2D eigenvalue weighted by atomic mass is 32.2. The molecule has 11 heteroatoms. The zero-order valence-electron chi connectivity index (χ0n) is 17.2. The molecule has 0 unspecified atom stereocenters. The molecule has 2 heterocycles. The minimum absolute atomic E-state index is 0.0293. The van der Waals surface area contributed by atoms with E-state index in [1.54, 1.807) is 0 Å². The molecule has 166 valence electrons. The van der Waals surface area contributed by atoms with Crippen LogP contribution in [0.3, 0.4) is 0 Å². The summed E-state index contributed by atoms with van der Waals surface area (Å²) in [5.41, 5.74) is 0.173. The topological polar surface area (TPSA) is 142 Å². The third kappa shape index (κ3) is 5.36. The van der Waals surface area contributed by atoms with Gasteiger partial charge < -0.3 is 24.3 Å². The number of aliphatic hydroxyl groups is 1. The van der Waals surface area contributed by atoms with E-state index in [2.05, 4.69) is 16.9 Å². The number of carboxylic acid groups (broad SMARTS) is 1. The number of nitrogens with one attached hydrogen (secondary N) is 1. The fourth-order valence-corrected chi connectivity index (χ4v) is 3.92. The summed E-state index contributed by atoms with van der Waals surface area (Å²) in [6.07, 6.45) is -0.283. The molecule has 1 aromatic carbocycles. The molecule has 1 atom stereocenters. The Morgan fingerprint density at radius 1 is 1.32 bits per heavy atom. The second-order valence-corrected chi connectivity index (χ2v) is 7.99. The molecule has 2 aromatic heterocycles. The molecule has 3 aromatic rings. The summed E-state index contributed by atoms with van der Waals surface area (Å²) in [4.78, 5) is 41.6. The lowest BCUT2D eigenvalue weighted by Gasteiger charge is -2.15. The van der Waals surface area contributed by atoms with E-state index in [0.717, 1.165) is 18.2 Å². The first-order valence-corrected chi connectivity index (χ1v) is 10.7. The largest absolute Gasteiger partial charge is 0.550 e. The fourth-order valence-electron chi connectivity index (χ4n) is 3.00. The number of rotatable bonds is 10. The molecule has 0 amide bonds. The Morgan fingerprint density at radius 2 is 2.03 bits per heavy atom. The van der Waals surface area contributed by atoms with Crippen LogP contribution >= 0.6 is 11.8 Å². The SMILES string of the molecule is CCc1ccc(OC[C@H](O)Cn2c(SCCC(=O)[O-])nc3c2c(=O)[nH]c(=O)n3C)cc1. The maximum atomic E-state index is 12.4. The van der Waals surface area contributed by atoms with Crippen molar-refractivity contribution in [2.45, 2.75) is 37.6 Å². The minimum Gasteiger partial charge on any atom is -0.550 e. The van der Waals surface area contributed by atoms with Crippen LogP contribution in [0.1, 0.15) is 18.9 Å². The average molecular weight is 447 g/mol. The summed E-state index contributed by atoms with van der Waals surface area (Å²) in [6.45, 7) is 1.99. The summed E-state index contributed by atoms with van der Waals surface area (Å²) in [5, 5.41) is 21.6. The van der Waals surface area contributed by atoms with Gasteiger partial charge in [-0.3, -0.25) is 14.3 Å². The third-order valence-electron chi connectivity index (χ3n) is 4.68. The monoisotopic (exact) mass is 447 g/mol. The number of hydrogen-bond donors (Lipinski definition) is 2. The fraction of sp³-hybridized carbons (Fsp3) is 0.400. The van der Waals surface area contributed by atoms with Crippen LogP contribution < -0.4 is 21.1 Å². The zero-order valence-corrected chi connectivity index (χ0v) is 18.0. The van der Waals surface area contributed by atoms with Crippen LogP contribution in [0.25, 0.3) is 11.2 Å². The van der Waals surface area contributed by atoms with Crippen molar-refractivity contribution < 1.29 is 19.7 Å². The Kier molecular flexibility index (Phi) is 7.18. The Morgan fingerprint density at radius 3 is 2.68 bits per heavy atom. The Bertz CT molecular complexity index is 1180. The van der Waals surface area contributed by atoms with Gasteiger partial charge in [0.2, 0.25) is 0 Å². The molecule has 0 fully saturated rings. The van der Waals surface area contributed by atoms with Gasteiger partial charge in [0.05, 0.1) is 6.54 Å². The van der Waals surface area contributed by atoms with Gasteiger partial charge in [-0.05, 0) is 30.5 Å². The van der Waals surface area contributed by atoms with Crippen LogP contribution in [0.2, 0.25) is 0 Å². The van der Waals surface area contributed by atoms with Crippen molar-refractivity contribution in [3.8, 4) is 5.75 Å². The molecular weight excluding hydrogens is 424 g/mol. The number of carbonyl (C=O) groups is 1. The highest BCUT2D eigenvalue weighted by Crippen LogP contribution is 2.23. The maximum absolute atomic E-state index is 12.4. The average Bonchev–Trinajstić information content (AvgIpc) is 3.09. The molecule has 0 saturated carbocycles. The Hall–Kier alpha value is -3.05. The van der Waals surface area contributed by atoms with Gasteiger partial charge in [0.15, 0.2) is 16.3 Å². The second-order valence-electron chi connectivity index (χ2n) is 6.93. The van der Waals surface area contributed by atoms with Crippen molar-refractivity contribution in [2.75, 3.05) is 12.4 Å². The Labute approximate surface area is 181 Å². The number of imidazole rings is 1. The Balaban J connectivity index is 1.83. The molecule has 10 nitrogen and oxygen atoms in total. The lowest BCUT2D eigenvalue weighted by atomic mass is 10.2. The third-order valence-corrected chi connectivity index (χ3v) is 5.65. The first kappa shape index (κ1) is 22.6. The summed E-state index contributed by atoms with van der Waals surface area (Å²) < 4.78 is 8.30. The molecule has 0 bridgehead atoms. The van der Waals surface area contributed by atoms with E-state index in [9.17, 15) is 24.6 Å². The number of hydrogen-bond acceptors (Lipinski definition) is 8. The van der Waals surface area contributed by atoms with E-state index < -0.39 is 23.3 Å². The molecule has 0 aliphatic heterocycles. The van der Waals surface area contributed by atoms with E-state index in [4.69, 9.17) is 4.74 Å². The lowest BCUT2D eigenvalue weighted by molar-refractivity contribution is -0.305. The van der Waals surface area contributed by atoms with Crippen molar-refractivity contribution >= 4 is 28.9 Å². The summed E-state index contributed by atoms with van der Waals surface area (Å²) in [5.74, 6) is -0.438. The smallest absolute Gasteiger partial charge is 0.329 e. The van der Waals surface area contributed by atoms with Crippen LogP contribution in [-0.2, 0) is 24.8 Å². The number of nitrogens with zero attached hydrogens (tertiary/aromatic N) is 3. The standard InChI is InChI=1S/C20H24N4O6S/c1-3-12-4-6-14(7-5-12)30-11-13(25)10-24-16-17(23(2)19(29)22-18(16)28)21-20(24)31-9-8-15(26)27/h4-7,13,25H,3,8-11H2,1-2H3,(H,26,27)(H,22,28,29)/p-1/t13-/m1/s1. The first-order chi connectivity index (χ1) is 14.8. The number of ether oxygens (including phenoxy) is 1. The molecule has 0 aliphatic rings. The van der Waals surface area contributed by atoms with Gasteiger partial charge >= 0.3 is 5.69 Å². The maximum Gasteiger partial charge on any atom is 0.329 e. The van der Waals surface area contributed by atoms with Crippen LogP contribution in [0.4, 0.5) is 0 Å². The molecule has 0 saturated heterocycles. The molecule has 0 aliphatic carbocycles. The van der Waals surface area contributed by atoms with Crippen molar-refractivity contribution in [3.05, 3.63) is 50.7 Å². The quantitative estimate of drug-likeness (QED) is 0.402. The van der Waals surface area contributed by atoms with Crippen molar-refractivity contribution in [1.82, 2.24) is 19.1 Å². The predicted octanol–water partition coefficient (Wildman–Crippen LogP) is -0.342. The summed E-state index contributed by atoms with van der Waals surface area (Å²) >= 11 is 1.10. The van der Waals surface area contributed by atoms with Gasteiger partial charge in [0.1, 0.15) is 18.5 Å². The summed E-state index contributed by atoms with van der Waals surface area (Å²) in [6, 6.07) is 7.52. The zero-order chi connectivity index (χ0) is 22.5. The number of carboxylic acids is 1. The summed E-state index contributed by atoms with van der Waals surface area (Å²) in [7, 11) is 1.47. The molecular formula is C20H23N4O6S-. The highest BCUT2D eigenvalue weighted by Gasteiger charge is 2.20. The number of aliphatic carboxylic acids is 1. The van der Waals surface area contributed by atoms with Gasteiger partial charge in [0.25, 0.3) is 5.56 Å². The van der Waals surface area contributed by atoms with Gasteiger partial charge in [-0.1, -0.05) is 30.8 Å². The normalized spacial score (nSPS) is 12.2. The number of carbonyl (C=O) groups excluding carboxylic acids is 1. The molecule has 0 radical (unpaired) electrons. The number of aromatic amines is 1. The van der Waals surface area contributed by atoms with Crippen LogP contribution in [0.5, 0.6) is 5.75 Å². The number of fused-ring (bicyclic) bond motifs is 1. The predicted molar refractivity (Wildman–Crippen MR) is 113 cm³/mol. The van der Waals surface area contributed by atoms with Crippen molar-refractivity contribution in [3.63, 3.8) is 0 Å².